The highest BCUT2D eigenvalue weighted by molar-refractivity contribution is 6.05. The van der Waals surface area contributed by atoms with Gasteiger partial charge in [-0.3, -0.25) is 4.79 Å². The molecule has 0 saturated heterocycles. The molecule has 0 radical (unpaired) electrons. The van der Waals surface area contributed by atoms with Gasteiger partial charge < -0.3 is 15.4 Å². The highest BCUT2D eigenvalue weighted by Crippen LogP contribution is 2.40. The fraction of sp³-hybridized carbons (Fsp3) is 0.571. The van der Waals surface area contributed by atoms with Crippen LogP contribution in [0.4, 0.5) is 11.5 Å². The Hall–Kier alpha value is -1.78. The summed E-state index contributed by atoms with van der Waals surface area (Å²) in [5.74, 6) is 2.04. The molecule has 102 valence electrons. The van der Waals surface area contributed by atoms with Crippen LogP contribution in [-0.4, -0.2) is 23.5 Å². The number of rotatable bonds is 1. The number of hydrogen-bond donors (Lipinski definition) is 2. The Kier molecular flexibility index (Phi) is 2.84. The summed E-state index contributed by atoms with van der Waals surface area (Å²) < 4.78 is 5.14. The predicted octanol–water partition coefficient (Wildman–Crippen LogP) is 2.40. The maximum Gasteiger partial charge on any atom is 0.250 e. The van der Waals surface area contributed by atoms with Crippen LogP contribution in [0.1, 0.15) is 32.6 Å². The van der Waals surface area contributed by atoms with Gasteiger partial charge in [-0.05, 0) is 37.7 Å². The second-order valence-corrected chi connectivity index (χ2v) is 5.59. The average Bonchev–Trinajstić information content (AvgIpc) is 2.43. The highest BCUT2D eigenvalue weighted by atomic mass is 16.5. The van der Waals surface area contributed by atoms with Crippen molar-refractivity contribution >= 4 is 17.4 Å². The lowest BCUT2D eigenvalue weighted by atomic mass is 9.75. The smallest absolute Gasteiger partial charge is 0.250 e. The number of ether oxygens (including phenoxy) is 1. The Bertz CT molecular complexity index is 507. The number of amides is 1. The third kappa shape index (κ3) is 2.03. The molecule has 1 fully saturated rings. The fourth-order valence-corrected chi connectivity index (χ4v) is 2.88. The summed E-state index contributed by atoms with van der Waals surface area (Å²) >= 11 is 0. The molecule has 1 amide bonds. The predicted molar refractivity (Wildman–Crippen MR) is 73.4 cm³/mol. The van der Waals surface area contributed by atoms with Crippen molar-refractivity contribution in [1.82, 2.24) is 4.98 Å². The Balaban J connectivity index is 1.91. The van der Waals surface area contributed by atoms with Crippen LogP contribution in [-0.2, 0) is 4.79 Å². The van der Waals surface area contributed by atoms with Crippen molar-refractivity contribution in [3.05, 3.63) is 12.1 Å². The van der Waals surface area contributed by atoms with Crippen LogP contribution in [0.2, 0.25) is 0 Å². The van der Waals surface area contributed by atoms with E-state index in [2.05, 4.69) is 22.5 Å². The van der Waals surface area contributed by atoms with E-state index in [4.69, 9.17) is 4.74 Å². The molecule has 5 heteroatoms. The molecule has 1 aliphatic heterocycles. The molecular formula is C14H19N3O2. The SMILES string of the molecule is COc1ccc2c(n1)NC1(CCC(C)CC1)C(=O)N2. The van der Waals surface area contributed by atoms with Gasteiger partial charge in [-0.15, -0.1) is 0 Å². The number of hydrogen-bond acceptors (Lipinski definition) is 4. The van der Waals surface area contributed by atoms with E-state index in [1.54, 1.807) is 13.2 Å². The highest BCUT2D eigenvalue weighted by Gasteiger charge is 2.44. The molecule has 19 heavy (non-hydrogen) atoms. The summed E-state index contributed by atoms with van der Waals surface area (Å²) in [4.78, 5) is 16.7. The summed E-state index contributed by atoms with van der Waals surface area (Å²) in [7, 11) is 1.59. The standard InChI is InChI=1S/C14H19N3O2/c1-9-5-7-14(8-6-9)13(18)15-10-3-4-11(19-2)16-12(10)17-14/h3-4,9H,5-8H2,1-2H3,(H,15,18)(H,16,17). The number of carbonyl (C=O) groups excluding carboxylic acids is 1. The molecule has 2 heterocycles. The van der Waals surface area contributed by atoms with Crippen molar-refractivity contribution in [2.75, 3.05) is 17.7 Å². The first kappa shape index (κ1) is 12.3. The van der Waals surface area contributed by atoms with Gasteiger partial charge in [-0.25, -0.2) is 0 Å². The molecule has 2 N–H and O–H groups in total. The van der Waals surface area contributed by atoms with Gasteiger partial charge in [0, 0.05) is 6.07 Å². The third-order valence-electron chi connectivity index (χ3n) is 4.25. The van der Waals surface area contributed by atoms with E-state index in [1.807, 2.05) is 6.07 Å². The zero-order valence-electron chi connectivity index (χ0n) is 11.3. The summed E-state index contributed by atoms with van der Waals surface area (Å²) in [5.41, 5.74) is 0.244. The van der Waals surface area contributed by atoms with E-state index in [0.29, 0.717) is 17.6 Å². The quantitative estimate of drug-likeness (QED) is 0.815. The van der Waals surface area contributed by atoms with Crippen molar-refractivity contribution in [3.63, 3.8) is 0 Å². The van der Waals surface area contributed by atoms with Crippen LogP contribution in [0, 0.1) is 5.92 Å². The molecular weight excluding hydrogens is 242 g/mol. The molecule has 1 aromatic rings. The Morgan fingerprint density at radius 3 is 2.79 bits per heavy atom. The molecule has 1 aliphatic carbocycles. The molecule has 1 spiro atoms. The van der Waals surface area contributed by atoms with Crippen molar-refractivity contribution in [1.29, 1.82) is 0 Å². The van der Waals surface area contributed by atoms with Gasteiger partial charge >= 0.3 is 0 Å². The van der Waals surface area contributed by atoms with Gasteiger partial charge in [-0.1, -0.05) is 6.92 Å². The van der Waals surface area contributed by atoms with Gasteiger partial charge in [0.05, 0.1) is 12.8 Å². The lowest BCUT2D eigenvalue weighted by molar-refractivity contribution is -0.121. The number of aromatic nitrogens is 1. The second-order valence-electron chi connectivity index (χ2n) is 5.59. The minimum atomic E-state index is -0.487. The summed E-state index contributed by atoms with van der Waals surface area (Å²) in [6.07, 6.45) is 3.86. The van der Waals surface area contributed by atoms with Gasteiger partial charge in [0.2, 0.25) is 11.8 Å². The number of pyridine rings is 1. The molecule has 2 aliphatic rings. The van der Waals surface area contributed by atoms with Crippen molar-refractivity contribution in [2.45, 2.75) is 38.1 Å². The number of fused-ring (bicyclic) bond motifs is 1. The lowest BCUT2D eigenvalue weighted by Crippen LogP contribution is -2.54. The first-order valence-corrected chi connectivity index (χ1v) is 6.78. The van der Waals surface area contributed by atoms with Crippen LogP contribution in [0.3, 0.4) is 0 Å². The first-order valence-electron chi connectivity index (χ1n) is 6.78. The minimum Gasteiger partial charge on any atom is -0.481 e. The molecule has 0 aromatic carbocycles. The third-order valence-corrected chi connectivity index (χ3v) is 4.25. The number of nitrogens with zero attached hydrogens (tertiary/aromatic N) is 1. The average molecular weight is 261 g/mol. The molecule has 3 rings (SSSR count). The monoisotopic (exact) mass is 261 g/mol. The normalized spacial score (nSPS) is 29.4. The van der Waals surface area contributed by atoms with Crippen molar-refractivity contribution in [3.8, 4) is 5.88 Å². The maximum atomic E-state index is 12.4. The van der Waals surface area contributed by atoms with Crippen LogP contribution < -0.4 is 15.4 Å². The van der Waals surface area contributed by atoms with Crippen LogP contribution in [0.15, 0.2) is 12.1 Å². The van der Waals surface area contributed by atoms with Crippen LogP contribution in [0.5, 0.6) is 5.88 Å². The van der Waals surface area contributed by atoms with Crippen molar-refractivity contribution in [2.24, 2.45) is 5.92 Å². The van der Waals surface area contributed by atoms with Gasteiger partial charge in [0.25, 0.3) is 0 Å². The van der Waals surface area contributed by atoms with E-state index in [9.17, 15) is 4.79 Å². The van der Waals surface area contributed by atoms with Gasteiger partial charge in [-0.2, -0.15) is 4.98 Å². The van der Waals surface area contributed by atoms with E-state index >= 15 is 0 Å². The maximum absolute atomic E-state index is 12.4. The zero-order chi connectivity index (χ0) is 13.5. The molecule has 1 aromatic heterocycles. The number of nitrogens with one attached hydrogen (secondary N) is 2. The summed E-state index contributed by atoms with van der Waals surface area (Å²) in [6.45, 7) is 2.24. The topological polar surface area (TPSA) is 63.2 Å². The van der Waals surface area contributed by atoms with Gasteiger partial charge in [0.1, 0.15) is 5.54 Å². The van der Waals surface area contributed by atoms with Crippen LogP contribution >= 0.6 is 0 Å². The first-order chi connectivity index (χ1) is 9.13. The number of methoxy groups -OCH3 is 1. The van der Waals surface area contributed by atoms with E-state index < -0.39 is 5.54 Å². The van der Waals surface area contributed by atoms with E-state index in [-0.39, 0.29) is 5.91 Å². The molecule has 1 saturated carbocycles. The number of anilines is 2. The Morgan fingerprint density at radius 1 is 1.37 bits per heavy atom. The Morgan fingerprint density at radius 2 is 2.11 bits per heavy atom. The molecule has 5 nitrogen and oxygen atoms in total. The summed E-state index contributed by atoms with van der Waals surface area (Å²) in [5, 5.41) is 6.32. The molecule has 0 unspecified atom stereocenters. The fourth-order valence-electron chi connectivity index (χ4n) is 2.88. The number of carbonyl (C=O) groups is 1. The van der Waals surface area contributed by atoms with Gasteiger partial charge in [0.15, 0.2) is 5.82 Å². The van der Waals surface area contributed by atoms with E-state index in [0.717, 1.165) is 31.4 Å². The molecule has 0 bridgehead atoms. The van der Waals surface area contributed by atoms with Crippen LogP contribution in [0.25, 0.3) is 0 Å². The van der Waals surface area contributed by atoms with Crippen molar-refractivity contribution < 1.29 is 9.53 Å². The minimum absolute atomic E-state index is 0.0684. The second kappa shape index (κ2) is 4.40. The van der Waals surface area contributed by atoms with E-state index in [1.165, 1.54) is 0 Å². The lowest BCUT2D eigenvalue weighted by Gasteiger charge is -2.42. The Labute approximate surface area is 112 Å². The zero-order valence-corrected chi connectivity index (χ0v) is 11.3. The molecule has 0 atom stereocenters. The summed E-state index contributed by atoms with van der Waals surface area (Å²) in [6, 6.07) is 3.58. The largest absolute Gasteiger partial charge is 0.481 e.